The topological polar surface area (TPSA) is 75.7 Å². The molecule has 3 aromatic rings. The van der Waals surface area contributed by atoms with Crippen molar-refractivity contribution in [1.82, 2.24) is 10.2 Å². The van der Waals surface area contributed by atoms with E-state index in [0.29, 0.717) is 23.2 Å². The number of hydrogen-bond donors (Lipinski definition) is 1. The second-order valence-electron chi connectivity index (χ2n) is 16.3. The van der Waals surface area contributed by atoms with Crippen LogP contribution in [0.3, 0.4) is 0 Å². The van der Waals surface area contributed by atoms with Gasteiger partial charge in [0.05, 0.1) is 12.8 Å². The predicted octanol–water partition coefficient (Wildman–Crippen LogP) is 14.2. The highest BCUT2D eigenvalue weighted by Crippen LogP contribution is 2.38. The number of fused-ring (bicyclic) bond motifs is 2. The molecular formula is C56H66N2O4S. The minimum absolute atomic E-state index is 0. The lowest BCUT2D eigenvalue weighted by Crippen LogP contribution is -2.52. The number of carbonyl (C=O) groups excluding carboxylic acids is 3. The third-order valence-corrected chi connectivity index (χ3v) is 13.1. The van der Waals surface area contributed by atoms with Crippen LogP contribution >= 0.6 is 11.3 Å². The first-order valence-electron chi connectivity index (χ1n) is 22.5. The maximum absolute atomic E-state index is 12.6. The van der Waals surface area contributed by atoms with E-state index < -0.39 is 11.9 Å². The van der Waals surface area contributed by atoms with E-state index in [1.165, 1.54) is 77.7 Å². The number of amides is 3. The molecule has 2 aliphatic carbocycles. The van der Waals surface area contributed by atoms with Crippen molar-refractivity contribution in [2.45, 2.75) is 97.4 Å². The Morgan fingerprint density at radius 2 is 1.71 bits per heavy atom. The zero-order valence-corrected chi connectivity index (χ0v) is 38.5. The van der Waals surface area contributed by atoms with Gasteiger partial charge in [-0.15, -0.1) is 22.8 Å². The summed E-state index contributed by atoms with van der Waals surface area (Å²) < 4.78 is 6.55. The second-order valence-corrected chi connectivity index (χ2v) is 17.5. The Balaban J connectivity index is 0.000000235. The monoisotopic (exact) mass is 862 g/mol. The standard InChI is InChI=1S/C29H32OS.C17H14N2O3.C10H18.H2/c1-5-22(12-13-23(6-2)14-15-25-18-24(7-3)19-25)10-8-9-11-28-20-26-16-17-27(30-4)21-29(26)31-28;1-3-10-5-6-11-12(9-10)13(4-2)19(17(11)22)14-7-8-15(20)18-16(14)21;1-2-7-10-8-5-3-4-6-9-10;/h5,8-17,20-21,24-25H,2,7,18-19H2,1,3-4H3;3,5-6,9,14H,1-2,7-8H2,(H,18,20,21);3-4,10H,2,5-9H2,1H3;1H/b10-8+,11-9+,13-12-,15-14-,22-5-;;;. The Labute approximate surface area is 381 Å². The summed E-state index contributed by atoms with van der Waals surface area (Å²) in [4.78, 5) is 38.6. The van der Waals surface area contributed by atoms with Crippen LogP contribution < -0.4 is 10.1 Å². The molecular weight excluding hydrogens is 797 g/mol. The summed E-state index contributed by atoms with van der Waals surface area (Å²) in [6.07, 6.45) is 38.4. The van der Waals surface area contributed by atoms with Crippen LogP contribution in [0.5, 0.6) is 5.75 Å². The van der Waals surface area contributed by atoms with Crippen LogP contribution in [0.25, 0.3) is 27.9 Å². The molecule has 1 aromatic heterocycles. The van der Waals surface area contributed by atoms with Gasteiger partial charge >= 0.3 is 0 Å². The molecule has 3 heterocycles. The third kappa shape index (κ3) is 13.5. The molecule has 2 aromatic carbocycles. The molecule has 0 radical (unpaired) electrons. The Morgan fingerprint density at radius 3 is 2.37 bits per heavy atom. The summed E-state index contributed by atoms with van der Waals surface area (Å²) >= 11 is 1.77. The molecule has 1 saturated carbocycles. The first-order valence-corrected chi connectivity index (χ1v) is 23.3. The number of carbonyl (C=O) groups is 3. The van der Waals surface area contributed by atoms with Crippen LogP contribution in [0, 0.1) is 17.8 Å². The maximum atomic E-state index is 12.6. The van der Waals surface area contributed by atoms with E-state index in [0.717, 1.165) is 40.2 Å². The van der Waals surface area contributed by atoms with Crippen LogP contribution in [0.1, 0.15) is 119 Å². The summed E-state index contributed by atoms with van der Waals surface area (Å²) in [6, 6.07) is 13.0. The third-order valence-electron chi connectivity index (χ3n) is 12.1. The average molecular weight is 863 g/mol. The van der Waals surface area contributed by atoms with Gasteiger partial charge in [0.15, 0.2) is 0 Å². The molecule has 3 amide bonds. The molecule has 6 nitrogen and oxygen atoms in total. The molecule has 1 N–H and O–H groups in total. The number of nitrogens with one attached hydrogen (secondary N) is 1. The Kier molecular flexibility index (Phi) is 18.8. The van der Waals surface area contributed by atoms with Gasteiger partial charge in [-0.3, -0.25) is 24.6 Å². The maximum Gasteiger partial charge on any atom is 0.260 e. The first-order chi connectivity index (χ1) is 30.6. The van der Waals surface area contributed by atoms with Crippen LogP contribution in [-0.4, -0.2) is 35.8 Å². The fraction of sp³-hybridized carbons (Fsp3) is 0.339. The van der Waals surface area contributed by atoms with Crippen LogP contribution in [-0.2, 0) is 9.59 Å². The van der Waals surface area contributed by atoms with Gasteiger partial charge in [-0.1, -0.05) is 120 Å². The minimum atomic E-state index is -0.714. The van der Waals surface area contributed by atoms with Gasteiger partial charge in [-0.2, -0.15) is 0 Å². The first kappa shape index (κ1) is 48.1. The van der Waals surface area contributed by atoms with Crippen molar-refractivity contribution in [1.29, 1.82) is 0 Å². The van der Waals surface area contributed by atoms with Crippen molar-refractivity contribution in [2.75, 3.05) is 7.11 Å². The highest BCUT2D eigenvalue weighted by Gasteiger charge is 2.42. The lowest BCUT2D eigenvalue weighted by molar-refractivity contribution is -0.136. The fourth-order valence-corrected chi connectivity index (χ4v) is 9.27. The van der Waals surface area contributed by atoms with E-state index in [1.54, 1.807) is 36.7 Å². The Hall–Kier alpha value is -5.97. The molecule has 0 spiro atoms. The van der Waals surface area contributed by atoms with E-state index in [9.17, 15) is 14.4 Å². The molecule has 2 aliphatic heterocycles. The molecule has 1 saturated heterocycles. The summed E-state index contributed by atoms with van der Waals surface area (Å²) in [5.74, 6) is 2.52. The van der Waals surface area contributed by atoms with Crippen molar-refractivity contribution in [3.05, 3.63) is 167 Å². The predicted molar refractivity (Wildman–Crippen MR) is 267 cm³/mol. The van der Waals surface area contributed by atoms with E-state index in [4.69, 9.17) is 4.74 Å². The van der Waals surface area contributed by atoms with Gasteiger partial charge in [0.25, 0.3) is 5.91 Å². The van der Waals surface area contributed by atoms with Crippen molar-refractivity contribution in [2.24, 2.45) is 17.8 Å². The summed E-state index contributed by atoms with van der Waals surface area (Å²) in [5, 5.41) is 3.52. The summed E-state index contributed by atoms with van der Waals surface area (Å²) in [6.45, 7) is 17.8. The SMILES string of the molecule is C=C=C(\C=C/C(=C\C)/C=C/C=C/c1cc2ccc(OC)cc2s1)/C=C\C1CC(CC)C1.C=C=C1c2cc(C=C)ccc2C(=O)N1C1CCC(=O)NC1=O.CCCC1CCC=CCC1.[HH]. The highest BCUT2D eigenvalue weighted by atomic mass is 32.1. The van der Waals surface area contributed by atoms with E-state index >= 15 is 0 Å². The van der Waals surface area contributed by atoms with E-state index in [2.05, 4.69) is 142 Å². The highest BCUT2D eigenvalue weighted by molar-refractivity contribution is 7.19. The van der Waals surface area contributed by atoms with Crippen molar-refractivity contribution in [3.8, 4) is 5.75 Å². The van der Waals surface area contributed by atoms with Crippen molar-refractivity contribution >= 4 is 57.0 Å². The number of methoxy groups -OCH3 is 1. The number of thiophene rings is 1. The molecule has 1 atom stereocenters. The second kappa shape index (κ2) is 24.6. The minimum Gasteiger partial charge on any atom is -0.497 e. The van der Waals surface area contributed by atoms with Crippen molar-refractivity contribution in [3.63, 3.8) is 0 Å². The van der Waals surface area contributed by atoms with Gasteiger partial charge in [-0.05, 0) is 135 Å². The lowest BCUT2D eigenvalue weighted by Gasteiger charge is -2.32. The summed E-state index contributed by atoms with van der Waals surface area (Å²) in [5.41, 5.74) is 10.5. The van der Waals surface area contributed by atoms with Gasteiger partial charge in [0.2, 0.25) is 11.8 Å². The quantitative estimate of drug-likeness (QED) is 0.0804. The summed E-state index contributed by atoms with van der Waals surface area (Å²) in [7, 11) is 1.70. The van der Waals surface area contributed by atoms with Crippen molar-refractivity contribution < 1.29 is 20.5 Å². The molecule has 2 fully saturated rings. The number of benzene rings is 2. The number of piperidine rings is 1. The Morgan fingerprint density at radius 1 is 0.937 bits per heavy atom. The molecule has 63 heavy (non-hydrogen) atoms. The number of nitrogens with zero attached hydrogens (tertiary/aromatic N) is 1. The van der Waals surface area contributed by atoms with Gasteiger partial charge in [-0.25, -0.2) is 0 Å². The lowest BCUT2D eigenvalue weighted by atomic mass is 9.73. The molecule has 330 valence electrons. The zero-order valence-electron chi connectivity index (χ0n) is 37.7. The fourth-order valence-electron chi connectivity index (χ4n) is 8.26. The number of hydrogen-bond acceptors (Lipinski definition) is 5. The average Bonchev–Trinajstić information content (AvgIpc) is 3.69. The number of ether oxygens (including phenoxy) is 1. The van der Waals surface area contributed by atoms with Crippen LogP contribution in [0.4, 0.5) is 0 Å². The molecule has 0 bridgehead atoms. The zero-order chi connectivity index (χ0) is 45.1. The number of allylic oxidation sites excluding steroid dienone is 12. The molecule has 1 unspecified atom stereocenters. The molecule has 4 aliphatic rings. The number of imide groups is 1. The largest absolute Gasteiger partial charge is 0.497 e. The smallest absolute Gasteiger partial charge is 0.260 e. The van der Waals surface area contributed by atoms with Gasteiger partial charge in [0, 0.05) is 34.1 Å². The van der Waals surface area contributed by atoms with Gasteiger partial charge in [0.1, 0.15) is 11.8 Å². The van der Waals surface area contributed by atoms with E-state index in [1.807, 2.05) is 12.1 Å². The van der Waals surface area contributed by atoms with E-state index in [-0.39, 0.29) is 19.7 Å². The number of rotatable bonds is 13. The molecule has 7 rings (SSSR count). The Bertz CT molecular complexity index is 2400. The normalized spacial score (nSPS) is 20.2. The van der Waals surface area contributed by atoms with Crippen LogP contribution in [0.15, 0.2) is 146 Å². The molecule has 7 heteroatoms. The van der Waals surface area contributed by atoms with Gasteiger partial charge < -0.3 is 4.74 Å². The van der Waals surface area contributed by atoms with Crippen LogP contribution in [0.2, 0.25) is 0 Å².